The number of piperidine rings is 1. The smallest absolute Gasteiger partial charge is 0.269 e. The fourth-order valence-electron chi connectivity index (χ4n) is 3.03. The summed E-state index contributed by atoms with van der Waals surface area (Å²) in [6.45, 7) is 6.42. The van der Waals surface area contributed by atoms with E-state index in [0.717, 1.165) is 0 Å². The van der Waals surface area contributed by atoms with Crippen molar-refractivity contribution in [2.24, 2.45) is 5.92 Å². The number of hydrogen-bond donors (Lipinski definition) is 0. The number of nitro groups is 1. The zero-order valence-electron chi connectivity index (χ0n) is 14.1. The lowest BCUT2D eigenvalue weighted by Gasteiger charge is -2.33. The number of nitrogens with zero attached hydrogens (tertiary/aromatic N) is 3. The van der Waals surface area contributed by atoms with Gasteiger partial charge in [-0.2, -0.15) is 0 Å². The highest BCUT2D eigenvalue weighted by Crippen LogP contribution is 2.22. The summed E-state index contributed by atoms with van der Waals surface area (Å²) >= 11 is 0. The van der Waals surface area contributed by atoms with Crippen LogP contribution in [0.5, 0.6) is 0 Å². The standard InChI is InChI=1S/C17H23N3O4/c1-3-18(4-2)16(21)14-9-11-19(12-10-14)17(22)13-5-7-15(8-6-13)20(23)24/h5-8,14H,3-4,9-12H2,1-2H3. The van der Waals surface area contributed by atoms with Crippen LogP contribution in [-0.4, -0.2) is 52.7 Å². The lowest BCUT2D eigenvalue weighted by molar-refractivity contribution is -0.384. The molecule has 0 N–H and O–H groups in total. The summed E-state index contributed by atoms with van der Waals surface area (Å²) < 4.78 is 0. The highest BCUT2D eigenvalue weighted by molar-refractivity contribution is 5.94. The normalized spacial score (nSPS) is 15.2. The number of amides is 2. The number of benzene rings is 1. The van der Waals surface area contributed by atoms with Gasteiger partial charge in [-0.25, -0.2) is 0 Å². The second-order valence-electron chi connectivity index (χ2n) is 5.88. The fourth-order valence-corrected chi connectivity index (χ4v) is 3.03. The third-order valence-corrected chi connectivity index (χ3v) is 4.53. The van der Waals surface area contributed by atoms with Crippen LogP contribution in [0.2, 0.25) is 0 Å². The van der Waals surface area contributed by atoms with Crippen molar-refractivity contribution in [3.8, 4) is 0 Å². The number of carbonyl (C=O) groups is 2. The molecule has 1 saturated heterocycles. The van der Waals surface area contributed by atoms with E-state index in [9.17, 15) is 19.7 Å². The Kier molecular flexibility index (Phi) is 5.89. The van der Waals surface area contributed by atoms with Crippen molar-refractivity contribution in [3.05, 3.63) is 39.9 Å². The monoisotopic (exact) mass is 333 g/mol. The SMILES string of the molecule is CCN(CC)C(=O)C1CCN(C(=O)c2ccc([N+](=O)[O-])cc2)CC1. The molecule has 0 radical (unpaired) electrons. The zero-order valence-corrected chi connectivity index (χ0v) is 14.1. The van der Waals surface area contributed by atoms with Crippen molar-refractivity contribution in [2.75, 3.05) is 26.2 Å². The molecule has 2 amide bonds. The van der Waals surface area contributed by atoms with Gasteiger partial charge in [-0.05, 0) is 38.8 Å². The van der Waals surface area contributed by atoms with Crippen LogP contribution in [0.3, 0.4) is 0 Å². The van der Waals surface area contributed by atoms with Crippen LogP contribution in [0.25, 0.3) is 0 Å². The molecule has 1 aliphatic heterocycles. The van der Waals surface area contributed by atoms with Crippen molar-refractivity contribution in [1.82, 2.24) is 9.80 Å². The average molecular weight is 333 g/mol. The van der Waals surface area contributed by atoms with Gasteiger partial charge in [-0.1, -0.05) is 0 Å². The third-order valence-electron chi connectivity index (χ3n) is 4.53. The lowest BCUT2D eigenvalue weighted by atomic mass is 9.94. The van der Waals surface area contributed by atoms with Gasteiger partial charge in [0.1, 0.15) is 0 Å². The van der Waals surface area contributed by atoms with Gasteiger partial charge in [-0.3, -0.25) is 19.7 Å². The topological polar surface area (TPSA) is 83.8 Å². The molecular formula is C17H23N3O4. The van der Waals surface area contributed by atoms with E-state index in [1.807, 2.05) is 18.7 Å². The second-order valence-corrected chi connectivity index (χ2v) is 5.88. The maximum atomic E-state index is 12.5. The van der Waals surface area contributed by atoms with E-state index in [1.165, 1.54) is 24.3 Å². The molecule has 0 aliphatic carbocycles. The predicted molar refractivity (Wildman–Crippen MR) is 89.7 cm³/mol. The van der Waals surface area contributed by atoms with Gasteiger partial charge in [0, 0.05) is 49.8 Å². The second kappa shape index (κ2) is 7.90. The Morgan fingerprint density at radius 2 is 1.71 bits per heavy atom. The van der Waals surface area contributed by atoms with Gasteiger partial charge in [0.25, 0.3) is 11.6 Å². The maximum Gasteiger partial charge on any atom is 0.269 e. The Bertz CT molecular complexity index is 603. The minimum Gasteiger partial charge on any atom is -0.343 e. The van der Waals surface area contributed by atoms with Crippen LogP contribution in [0, 0.1) is 16.0 Å². The summed E-state index contributed by atoms with van der Waals surface area (Å²) in [5.74, 6) is 0.00637. The number of non-ortho nitro benzene ring substituents is 1. The molecule has 2 rings (SSSR count). The molecule has 1 aliphatic rings. The molecule has 1 aromatic carbocycles. The molecule has 7 nitrogen and oxygen atoms in total. The molecule has 0 aromatic heterocycles. The highest BCUT2D eigenvalue weighted by atomic mass is 16.6. The molecule has 0 bridgehead atoms. The van der Waals surface area contributed by atoms with Crippen LogP contribution >= 0.6 is 0 Å². The molecule has 1 fully saturated rings. The molecule has 0 saturated carbocycles. The number of likely N-dealkylation sites (tertiary alicyclic amines) is 1. The Labute approximate surface area is 141 Å². The van der Waals surface area contributed by atoms with Crippen LogP contribution in [0.15, 0.2) is 24.3 Å². The molecule has 24 heavy (non-hydrogen) atoms. The molecule has 1 heterocycles. The van der Waals surface area contributed by atoms with Crippen LogP contribution in [0.4, 0.5) is 5.69 Å². The number of carbonyl (C=O) groups excluding carboxylic acids is 2. The van der Waals surface area contributed by atoms with E-state index in [2.05, 4.69) is 0 Å². The van der Waals surface area contributed by atoms with Gasteiger partial charge in [0.15, 0.2) is 0 Å². The van der Waals surface area contributed by atoms with E-state index in [0.29, 0.717) is 44.6 Å². The van der Waals surface area contributed by atoms with Crippen molar-refractivity contribution >= 4 is 17.5 Å². The Morgan fingerprint density at radius 1 is 1.17 bits per heavy atom. The number of nitro benzene ring substituents is 1. The van der Waals surface area contributed by atoms with E-state index < -0.39 is 4.92 Å². The summed E-state index contributed by atoms with van der Waals surface area (Å²) in [6.07, 6.45) is 1.32. The molecule has 1 aromatic rings. The molecule has 130 valence electrons. The highest BCUT2D eigenvalue weighted by Gasteiger charge is 2.29. The first kappa shape index (κ1) is 17.9. The van der Waals surface area contributed by atoms with Gasteiger partial charge >= 0.3 is 0 Å². The average Bonchev–Trinajstić information content (AvgIpc) is 2.62. The van der Waals surface area contributed by atoms with Crippen molar-refractivity contribution in [2.45, 2.75) is 26.7 Å². The van der Waals surface area contributed by atoms with E-state index in [4.69, 9.17) is 0 Å². The maximum absolute atomic E-state index is 12.5. The number of rotatable bonds is 5. The summed E-state index contributed by atoms with van der Waals surface area (Å²) in [5.41, 5.74) is 0.407. The molecular weight excluding hydrogens is 310 g/mol. The minimum atomic E-state index is -0.488. The van der Waals surface area contributed by atoms with Gasteiger partial charge in [0.2, 0.25) is 5.91 Å². The lowest BCUT2D eigenvalue weighted by Crippen LogP contribution is -2.44. The quantitative estimate of drug-likeness (QED) is 0.611. The molecule has 0 atom stereocenters. The zero-order chi connectivity index (χ0) is 17.7. The molecule has 0 unspecified atom stereocenters. The van der Waals surface area contributed by atoms with Gasteiger partial charge < -0.3 is 9.80 Å². The molecule has 0 spiro atoms. The first-order valence-electron chi connectivity index (χ1n) is 8.30. The Hall–Kier alpha value is -2.44. The first-order chi connectivity index (χ1) is 11.5. The summed E-state index contributed by atoms with van der Waals surface area (Å²) in [7, 11) is 0. The Morgan fingerprint density at radius 3 is 2.17 bits per heavy atom. The van der Waals surface area contributed by atoms with Crippen LogP contribution < -0.4 is 0 Å². The van der Waals surface area contributed by atoms with E-state index in [1.54, 1.807) is 4.90 Å². The van der Waals surface area contributed by atoms with E-state index in [-0.39, 0.29) is 23.4 Å². The predicted octanol–water partition coefficient (Wildman–Crippen LogP) is 2.32. The van der Waals surface area contributed by atoms with Gasteiger partial charge in [0.05, 0.1) is 4.92 Å². The van der Waals surface area contributed by atoms with Crippen molar-refractivity contribution < 1.29 is 14.5 Å². The largest absolute Gasteiger partial charge is 0.343 e. The Balaban J connectivity index is 1.95. The van der Waals surface area contributed by atoms with E-state index >= 15 is 0 Å². The van der Waals surface area contributed by atoms with Crippen molar-refractivity contribution in [1.29, 1.82) is 0 Å². The van der Waals surface area contributed by atoms with Crippen molar-refractivity contribution in [3.63, 3.8) is 0 Å². The van der Waals surface area contributed by atoms with Crippen LogP contribution in [0.1, 0.15) is 37.0 Å². The third kappa shape index (κ3) is 3.90. The van der Waals surface area contributed by atoms with Crippen LogP contribution in [-0.2, 0) is 4.79 Å². The minimum absolute atomic E-state index is 0.0224. The molecule has 7 heteroatoms. The van der Waals surface area contributed by atoms with Gasteiger partial charge in [-0.15, -0.1) is 0 Å². The number of hydrogen-bond acceptors (Lipinski definition) is 4. The summed E-state index contributed by atoms with van der Waals surface area (Å²) in [4.78, 5) is 38.6. The first-order valence-corrected chi connectivity index (χ1v) is 8.30. The summed E-state index contributed by atoms with van der Waals surface area (Å²) in [5, 5.41) is 10.7. The fraction of sp³-hybridized carbons (Fsp3) is 0.529. The summed E-state index contributed by atoms with van der Waals surface area (Å²) in [6, 6.07) is 5.63.